The maximum Gasteiger partial charge on any atom is 0.233 e. The Morgan fingerprint density at radius 3 is 2.63 bits per heavy atom. The molecule has 1 fully saturated rings. The number of nitrogens with zero attached hydrogens (tertiary/aromatic N) is 6. The van der Waals surface area contributed by atoms with Gasteiger partial charge in [-0.1, -0.05) is 0 Å². The highest BCUT2D eigenvalue weighted by atomic mass is 19.1. The maximum absolute atomic E-state index is 15.0. The third-order valence-corrected chi connectivity index (χ3v) is 6.18. The van der Waals surface area contributed by atoms with E-state index in [1.807, 2.05) is 52.9 Å². The van der Waals surface area contributed by atoms with Crippen LogP contribution in [0.1, 0.15) is 39.9 Å². The number of rotatable bonds is 4. The molecule has 5 rings (SSSR count). The Kier molecular flexibility index (Phi) is 5.43. The lowest BCUT2D eigenvalue weighted by Crippen LogP contribution is -2.66. The number of fused-ring (bicyclic) bond motifs is 1. The molecule has 0 spiro atoms. The Morgan fingerprint density at radius 1 is 1.11 bits per heavy atom. The van der Waals surface area contributed by atoms with Crippen LogP contribution in [-0.4, -0.2) is 58.2 Å². The molecular weight excluding hydrogens is 449 g/mol. The summed E-state index contributed by atoms with van der Waals surface area (Å²) in [5, 5.41) is 26.6. The zero-order valence-corrected chi connectivity index (χ0v) is 20.3. The number of piperidine rings is 1. The van der Waals surface area contributed by atoms with Crippen LogP contribution < -0.4 is 10.1 Å². The lowest BCUT2D eigenvalue weighted by molar-refractivity contribution is -0.0281. The molecule has 1 aliphatic heterocycles. The van der Waals surface area contributed by atoms with Crippen molar-refractivity contribution in [3.05, 3.63) is 48.5 Å². The molecule has 0 aliphatic carbocycles. The molecule has 2 atom stereocenters. The number of alkyl halides is 1. The van der Waals surface area contributed by atoms with Gasteiger partial charge in [-0.15, -0.1) is 10.2 Å². The van der Waals surface area contributed by atoms with E-state index in [0.717, 1.165) is 16.8 Å². The normalized spacial score (nSPS) is 21.2. The van der Waals surface area contributed by atoms with Crippen molar-refractivity contribution in [3.8, 4) is 34.1 Å². The quantitative estimate of drug-likeness (QED) is 0.455. The maximum atomic E-state index is 15.0. The summed E-state index contributed by atoms with van der Waals surface area (Å²) in [4.78, 5) is 8.72. The fourth-order valence-electron chi connectivity index (χ4n) is 4.80. The summed E-state index contributed by atoms with van der Waals surface area (Å²) in [5.41, 5.74) is 1.96. The Labute approximate surface area is 202 Å². The van der Waals surface area contributed by atoms with Crippen LogP contribution >= 0.6 is 0 Å². The zero-order valence-electron chi connectivity index (χ0n) is 20.3. The minimum atomic E-state index is -1.21. The van der Waals surface area contributed by atoms with E-state index in [1.54, 1.807) is 28.9 Å². The molecule has 0 bridgehead atoms. The molecule has 4 aromatic rings. The first-order valence-corrected chi connectivity index (χ1v) is 11.5. The number of pyridine rings is 2. The number of halogens is 1. The van der Waals surface area contributed by atoms with Crippen LogP contribution in [0.25, 0.3) is 28.2 Å². The van der Waals surface area contributed by atoms with E-state index in [1.165, 1.54) is 0 Å². The van der Waals surface area contributed by atoms with E-state index in [9.17, 15) is 5.11 Å². The molecule has 35 heavy (non-hydrogen) atoms. The lowest BCUT2D eigenvalue weighted by atomic mass is 9.79. The third kappa shape index (κ3) is 4.53. The van der Waals surface area contributed by atoms with Gasteiger partial charge in [0.1, 0.15) is 29.1 Å². The molecule has 1 aliphatic rings. The number of hydrogen-bond acceptors (Lipinski definition) is 8. The predicted octanol–water partition coefficient (Wildman–Crippen LogP) is 3.90. The van der Waals surface area contributed by atoms with Crippen LogP contribution in [0.3, 0.4) is 0 Å². The van der Waals surface area contributed by atoms with Crippen molar-refractivity contribution < 1.29 is 14.2 Å². The highest BCUT2D eigenvalue weighted by molar-refractivity contribution is 5.70. The van der Waals surface area contributed by atoms with E-state index < -0.39 is 17.8 Å². The van der Waals surface area contributed by atoms with Gasteiger partial charge in [-0.3, -0.25) is 0 Å². The van der Waals surface area contributed by atoms with Crippen molar-refractivity contribution in [1.82, 2.24) is 35.1 Å². The van der Waals surface area contributed by atoms with E-state index in [-0.39, 0.29) is 22.9 Å². The molecule has 0 amide bonds. The highest BCUT2D eigenvalue weighted by Gasteiger charge is 2.47. The molecule has 0 saturated carbocycles. The summed E-state index contributed by atoms with van der Waals surface area (Å²) in [5.74, 6) is 0.868. The summed E-state index contributed by atoms with van der Waals surface area (Å²) < 4.78 is 22.6. The summed E-state index contributed by atoms with van der Waals surface area (Å²) in [6.45, 7) is 9.53. The minimum Gasteiger partial charge on any atom is -0.506 e. The number of hydrogen-bond donors (Lipinski definition) is 2. The van der Waals surface area contributed by atoms with Crippen LogP contribution in [0.15, 0.2) is 42.7 Å². The van der Waals surface area contributed by atoms with Crippen LogP contribution in [0.4, 0.5) is 4.39 Å². The Balaban J connectivity index is 1.35. The van der Waals surface area contributed by atoms with Gasteiger partial charge in [-0.05, 0) is 58.9 Å². The fourth-order valence-corrected chi connectivity index (χ4v) is 4.80. The first-order chi connectivity index (χ1) is 16.5. The molecule has 4 aromatic heterocycles. The van der Waals surface area contributed by atoms with Gasteiger partial charge in [0.2, 0.25) is 5.88 Å². The topological polar surface area (TPSA) is 110 Å². The number of ether oxygens (including phenoxy) is 1. The second-order valence-electron chi connectivity index (χ2n) is 10.2. The van der Waals surface area contributed by atoms with Crippen molar-refractivity contribution in [3.63, 3.8) is 0 Å². The van der Waals surface area contributed by atoms with Crippen LogP contribution in [0.5, 0.6) is 11.6 Å². The molecular formula is C25H28FN7O2. The summed E-state index contributed by atoms with van der Waals surface area (Å²) in [6, 6.07) is 8.64. The molecule has 1 saturated heterocycles. The standard InChI is InChI=1S/C25H28FN7O2/c1-14-28-20-8-6-15(13-33(20)31-14)16-10-18(34)22(27-12-16)17-7-9-21(30-29-17)35-19-11-24(2,3)32-25(4,5)23(19)26/h6-10,12-13,19,23,32,34H,11H2,1-5H3/t19-,23-/m1/s1. The van der Waals surface area contributed by atoms with Crippen LogP contribution in [0.2, 0.25) is 0 Å². The SMILES string of the molecule is Cc1nc2ccc(-c3cnc(-c4ccc(O[C@@H]5CC(C)(C)NC(C)(C)[C@@H]5F)nn4)c(O)c3)cn2n1. The number of aromatic nitrogens is 6. The molecule has 0 radical (unpaired) electrons. The Bertz CT molecular complexity index is 1380. The second-order valence-corrected chi connectivity index (χ2v) is 10.2. The highest BCUT2D eigenvalue weighted by Crippen LogP contribution is 2.34. The van der Waals surface area contributed by atoms with Crippen molar-refractivity contribution in [2.45, 2.75) is 64.4 Å². The van der Waals surface area contributed by atoms with E-state index in [0.29, 0.717) is 17.9 Å². The average molecular weight is 478 g/mol. The number of nitrogens with one attached hydrogen (secondary N) is 1. The van der Waals surface area contributed by atoms with Gasteiger partial charge in [0.15, 0.2) is 11.8 Å². The minimum absolute atomic E-state index is 0.0361. The van der Waals surface area contributed by atoms with Gasteiger partial charge in [0, 0.05) is 47.1 Å². The molecule has 2 N–H and O–H groups in total. The Morgan fingerprint density at radius 2 is 1.91 bits per heavy atom. The van der Waals surface area contributed by atoms with E-state index in [4.69, 9.17) is 4.74 Å². The monoisotopic (exact) mass is 477 g/mol. The van der Waals surface area contributed by atoms with Crippen molar-refractivity contribution >= 4 is 5.65 Å². The molecule has 5 heterocycles. The van der Waals surface area contributed by atoms with Gasteiger partial charge in [-0.25, -0.2) is 18.9 Å². The number of aromatic hydroxyl groups is 1. The van der Waals surface area contributed by atoms with Crippen molar-refractivity contribution in [2.75, 3.05) is 0 Å². The lowest BCUT2D eigenvalue weighted by Gasteiger charge is -2.48. The molecule has 0 unspecified atom stereocenters. The summed E-state index contributed by atoms with van der Waals surface area (Å²) in [6.07, 6.45) is 2.11. The summed E-state index contributed by atoms with van der Waals surface area (Å²) in [7, 11) is 0. The molecule has 10 heteroatoms. The van der Waals surface area contributed by atoms with E-state index in [2.05, 4.69) is 30.6 Å². The molecule has 9 nitrogen and oxygen atoms in total. The first-order valence-electron chi connectivity index (χ1n) is 11.5. The second kappa shape index (κ2) is 8.23. The third-order valence-electron chi connectivity index (χ3n) is 6.18. The Hall–Kier alpha value is -3.66. The largest absolute Gasteiger partial charge is 0.506 e. The zero-order chi connectivity index (χ0) is 25.0. The van der Waals surface area contributed by atoms with Gasteiger partial charge in [0.05, 0.1) is 0 Å². The van der Waals surface area contributed by atoms with Gasteiger partial charge < -0.3 is 15.2 Å². The summed E-state index contributed by atoms with van der Waals surface area (Å²) >= 11 is 0. The van der Waals surface area contributed by atoms with Crippen molar-refractivity contribution in [2.24, 2.45) is 0 Å². The number of aryl methyl sites for hydroxylation is 1. The van der Waals surface area contributed by atoms with Crippen molar-refractivity contribution in [1.29, 1.82) is 0 Å². The van der Waals surface area contributed by atoms with E-state index >= 15 is 4.39 Å². The average Bonchev–Trinajstić information content (AvgIpc) is 3.16. The smallest absolute Gasteiger partial charge is 0.233 e. The van der Waals surface area contributed by atoms with Crippen LogP contribution in [0, 0.1) is 6.92 Å². The predicted molar refractivity (Wildman–Crippen MR) is 129 cm³/mol. The fraction of sp³-hybridized carbons (Fsp3) is 0.400. The molecule has 0 aromatic carbocycles. The van der Waals surface area contributed by atoms with Gasteiger partial charge in [0.25, 0.3) is 0 Å². The van der Waals surface area contributed by atoms with Gasteiger partial charge >= 0.3 is 0 Å². The molecule has 182 valence electrons. The van der Waals surface area contributed by atoms with Gasteiger partial charge in [-0.2, -0.15) is 5.10 Å². The van der Waals surface area contributed by atoms with Crippen LogP contribution in [-0.2, 0) is 0 Å². The first kappa shape index (κ1) is 23.1.